The van der Waals surface area contributed by atoms with Crippen molar-refractivity contribution in [2.75, 3.05) is 13.7 Å². The summed E-state index contributed by atoms with van der Waals surface area (Å²) in [5.74, 6) is -0.248. The standard InChI is InChI=1S/C13H18N2O4/c1-9(13(17)18-2)15-7-10-3-5-11(6-4-10)19-8-12(14)16/h3-6,9,15H,7-8H2,1-2H3,(H2,14,16). The number of nitrogens with one attached hydrogen (secondary N) is 1. The number of hydrogen-bond donors (Lipinski definition) is 2. The Morgan fingerprint density at radius 1 is 1.32 bits per heavy atom. The van der Waals surface area contributed by atoms with Crippen LogP contribution in [0.2, 0.25) is 0 Å². The molecule has 0 saturated carbocycles. The van der Waals surface area contributed by atoms with Crippen LogP contribution in [0.3, 0.4) is 0 Å². The third-order valence-corrected chi connectivity index (χ3v) is 2.47. The summed E-state index contributed by atoms with van der Waals surface area (Å²) in [6.07, 6.45) is 0. The van der Waals surface area contributed by atoms with Crippen LogP contribution in [0.5, 0.6) is 5.75 Å². The molecule has 3 N–H and O–H groups in total. The van der Waals surface area contributed by atoms with Crippen LogP contribution in [0.4, 0.5) is 0 Å². The number of methoxy groups -OCH3 is 1. The minimum Gasteiger partial charge on any atom is -0.484 e. The molecule has 6 heteroatoms. The van der Waals surface area contributed by atoms with Crippen LogP contribution in [0, 0.1) is 0 Å². The molecule has 1 atom stereocenters. The van der Waals surface area contributed by atoms with Gasteiger partial charge in [0.2, 0.25) is 0 Å². The molecule has 1 rings (SSSR count). The summed E-state index contributed by atoms with van der Waals surface area (Å²) < 4.78 is 9.74. The number of nitrogens with two attached hydrogens (primary N) is 1. The monoisotopic (exact) mass is 266 g/mol. The molecule has 0 spiro atoms. The van der Waals surface area contributed by atoms with Gasteiger partial charge in [0.1, 0.15) is 11.8 Å². The summed E-state index contributed by atoms with van der Waals surface area (Å²) in [6, 6.07) is 6.79. The summed E-state index contributed by atoms with van der Waals surface area (Å²) in [7, 11) is 1.35. The van der Waals surface area contributed by atoms with Gasteiger partial charge in [0.15, 0.2) is 6.61 Å². The molecule has 0 bridgehead atoms. The van der Waals surface area contributed by atoms with E-state index in [1.807, 2.05) is 12.1 Å². The second-order valence-electron chi connectivity index (χ2n) is 4.02. The van der Waals surface area contributed by atoms with Gasteiger partial charge in [0.25, 0.3) is 5.91 Å². The first kappa shape index (κ1) is 15.0. The molecule has 1 aromatic carbocycles. The van der Waals surface area contributed by atoms with Crippen LogP contribution in [-0.2, 0) is 20.9 Å². The van der Waals surface area contributed by atoms with E-state index in [0.717, 1.165) is 5.56 Å². The van der Waals surface area contributed by atoms with E-state index in [4.69, 9.17) is 10.5 Å². The van der Waals surface area contributed by atoms with Crippen LogP contribution in [0.15, 0.2) is 24.3 Å². The fourth-order valence-corrected chi connectivity index (χ4v) is 1.39. The topological polar surface area (TPSA) is 90.7 Å². The molecule has 0 aliphatic carbocycles. The Balaban J connectivity index is 2.44. The van der Waals surface area contributed by atoms with Gasteiger partial charge < -0.3 is 20.5 Å². The number of carbonyl (C=O) groups excluding carboxylic acids is 2. The summed E-state index contributed by atoms with van der Waals surface area (Å²) in [5, 5.41) is 3.03. The zero-order valence-corrected chi connectivity index (χ0v) is 11.0. The number of rotatable bonds is 7. The zero-order chi connectivity index (χ0) is 14.3. The molecule has 0 fully saturated rings. The lowest BCUT2D eigenvalue weighted by Crippen LogP contribution is -2.34. The molecule has 1 amide bonds. The molecular weight excluding hydrogens is 248 g/mol. The number of ether oxygens (including phenoxy) is 2. The van der Waals surface area contributed by atoms with E-state index in [9.17, 15) is 9.59 Å². The highest BCUT2D eigenvalue weighted by atomic mass is 16.5. The average Bonchev–Trinajstić information content (AvgIpc) is 2.42. The number of benzene rings is 1. The van der Waals surface area contributed by atoms with Crippen molar-refractivity contribution in [3.05, 3.63) is 29.8 Å². The molecule has 0 aromatic heterocycles. The maximum absolute atomic E-state index is 11.2. The van der Waals surface area contributed by atoms with E-state index in [-0.39, 0.29) is 18.6 Å². The first-order valence-corrected chi connectivity index (χ1v) is 5.84. The van der Waals surface area contributed by atoms with Gasteiger partial charge in [0.05, 0.1) is 7.11 Å². The fraction of sp³-hybridized carbons (Fsp3) is 0.385. The first-order chi connectivity index (χ1) is 9.02. The van der Waals surface area contributed by atoms with Crippen molar-refractivity contribution in [1.29, 1.82) is 0 Å². The van der Waals surface area contributed by atoms with Crippen LogP contribution in [0.25, 0.3) is 0 Å². The maximum atomic E-state index is 11.2. The van der Waals surface area contributed by atoms with Gasteiger partial charge in [-0.25, -0.2) is 0 Å². The molecule has 19 heavy (non-hydrogen) atoms. The lowest BCUT2D eigenvalue weighted by molar-refractivity contribution is -0.142. The molecule has 6 nitrogen and oxygen atoms in total. The molecule has 1 unspecified atom stereocenters. The van der Waals surface area contributed by atoms with E-state index < -0.39 is 5.91 Å². The minimum atomic E-state index is -0.516. The number of primary amides is 1. The molecule has 104 valence electrons. The Labute approximate surface area is 111 Å². The smallest absolute Gasteiger partial charge is 0.322 e. The van der Waals surface area contributed by atoms with Crippen molar-refractivity contribution in [2.45, 2.75) is 19.5 Å². The summed E-state index contributed by atoms with van der Waals surface area (Å²) in [6.45, 7) is 2.12. The minimum absolute atomic E-state index is 0.142. The lowest BCUT2D eigenvalue weighted by Gasteiger charge is -2.11. The van der Waals surface area contributed by atoms with Crippen LogP contribution in [0.1, 0.15) is 12.5 Å². The second kappa shape index (κ2) is 7.38. The van der Waals surface area contributed by atoms with Crippen molar-refractivity contribution >= 4 is 11.9 Å². The fourth-order valence-electron chi connectivity index (χ4n) is 1.39. The van der Waals surface area contributed by atoms with Gasteiger partial charge in [-0.2, -0.15) is 0 Å². The zero-order valence-electron chi connectivity index (χ0n) is 11.0. The average molecular weight is 266 g/mol. The Bertz CT molecular complexity index is 431. The molecule has 0 aliphatic heterocycles. The largest absolute Gasteiger partial charge is 0.484 e. The second-order valence-corrected chi connectivity index (χ2v) is 4.02. The molecule has 0 saturated heterocycles. The number of amides is 1. The lowest BCUT2D eigenvalue weighted by atomic mass is 10.2. The molecule has 1 aromatic rings. The van der Waals surface area contributed by atoms with Gasteiger partial charge in [-0.3, -0.25) is 9.59 Å². The van der Waals surface area contributed by atoms with Crippen molar-refractivity contribution in [1.82, 2.24) is 5.32 Å². The highest BCUT2D eigenvalue weighted by Crippen LogP contribution is 2.12. The van der Waals surface area contributed by atoms with Crippen LogP contribution >= 0.6 is 0 Å². The van der Waals surface area contributed by atoms with Gasteiger partial charge in [-0.15, -0.1) is 0 Å². The number of esters is 1. The van der Waals surface area contributed by atoms with E-state index in [2.05, 4.69) is 10.1 Å². The Hall–Kier alpha value is -2.08. The van der Waals surface area contributed by atoms with Gasteiger partial charge in [-0.1, -0.05) is 12.1 Å². The van der Waals surface area contributed by atoms with E-state index >= 15 is 0 Å². The van der Waals surface area contributed by atoms with E-state index in [0.29, 0.717) is 12.3 Å². The van der Waals surface area contributed by atoms with Crippen molar-refractivity contribution in [3.8, 4) is 5.75 Å². The normalized spacial score (nSPS) is 11.7. The van der Waals surface area contributed by atoms with Crippen molar-refractivity contribution < 1.29 is 19.1 Å². The van der Waals surface area contributed by atoms with E-state index in [1.165, 1.54) is 7.11 Å². The maximum Gasteiger partial charge on any atom is 0.322 e. The summed E-state index contributed by atoms with van der Waals surface area (Å²) in [5.41, 5.74) is 5.96. The third kappa shape index (κ3) is 5.39. The van der Waals surface area contributed by atoms with Gasteiger partial charge in [-0.05, 0) is 24.6 Å². The molecule has 0 heterocycles. The molecule has 0 aliphatic rings. The Morgan fingerprint density at radius 2 is 1.95 bits per heavy atom. The SMILES string of the molecule is COC(=O)C(C)NCc1ccc(OCC(N)=O)cc1. The van der Waals surface area contributed by atoms with E-state index in [1.54, 1.807) is 19.1 Å². The number of hydrogen-bond acceptors (Lipinski definition) is 5. The quantitative estimate of drug-likeness (QED) is 0.688. The number of carbonyl (C=O) groups is 2. The Kier molecular flexibility index (Phi) is 5.81. The van der Waals surface area contributed by atoms with Crippen molar-refractivity contribution in [3.63, 3.8) is 0 Å². The molecule has 0 radical (unpaired) electrons. The van der Waals surface area contributed by atoms with Crippen LogP contribution in [-0.4, -0.2) is 31.6 Å². The predicted molar refractivity (Wildman–Crippen MR) is 69.4 cm³/mol. The highest BCUT2D eigenvalue weighted by molar-refractivity contribution is 5.75. The molecular formula is C13H18N2O4. The van der Waals surface area contributed by atoms with Gasteiger partial charge >= 0.3 is 5.97 Å². The van der Waals surface area contributed by atoms with Gasteiger partial charge in [0, 0.05) is 6.54 Å². The summed E-state index contributed by atoms with van der Waals surface area (Å²) >= 11 is 0. The van der Waals surface area contributed by atoms with Crippen molar-refractivity contribution in [2.24, 2.45) is 5.73 Å². The first-order valence-electron chi connectivity index (χ1n) is 5.84. The highest BCUT2D eigenvalue weighted by Gasteiger charge is 2.11. The van der Waals surface area contributed by atoms with Crippen LogP contribution < -0.4 is 15.8 Å². The predicted octanol–water partition coefficient (Wildman–Crippen LogP) is 0.202. The Morgan fingerprint density at radius 3 is 2.47 bits per heavy atom. The third-order valence-electron chi connectivity index (χ3n) is 2.47. The summed E-state index contributed by atoms with van der Waals surface area (Å²) in [4.78, 5) is 21.7.